The van der Waals surface area contributed by atoms with Crippen LogP contribution in [0.5, 0.6) is 0 Å². The third kappa shape index (κ3) is 6.22. The molecule has 1 heteroatoms. The highest BCUT2D eigenvalue weighted by Crippen LogP contribution is 1.99. The predicted octanol–water partition coefficient (Wildman–Crippen LogP) is 2.98. The van der Waals surface area contributed by atoms with Crippen molar-refractivity contribution in [3.05, 3.63) is 12.2 Å². The fourth-order valence-corrected chi connectivity index (χ4v) is 0.696. The number of hydrogen-bond acceptors (Lipinski definition) is 0. The minimum atomic E-state index is 0.797. The normalized spacial score (nSPS) is 11.5. The van der Waals surface area contributed by atoms with E-state index in [1.165, 1.54) is 6.42 Å². The van der Waals surface area contributed by atoms with Gasteiger partial charge in [-0.3, -0.25) is 0 Å². The maximum atomic E-state index is 3.31. The Morgan fingerprint density at radius 2 is 2.00 bits per heavy atom. The first-order valence-corrected chi connectivity index (χ1v) is 4.10. The van der Waals surface area contributed by atoms with Crippen LogP contribution in [0.1, 0.15) is 20.3 Å². The molecular formula is C7H13Br. The minimum Gasteiger partial charge on any atom is -0.0883 e. The number of allylic oxidation sites excluding steroid dienone is 2. The van der Waals surface area contributed by atoms with Crippen molar-refractivity contribution in [3.8, 4) is 0 Å². The highest BCUT2D eigenvalue weighted by atomic mass is 79.9. The first-order chi connectivity index (χ1) is 3.77. The Morgan fingerprint density at radius 3 is 2.38 bits per heavy atom. The number of rotatable bonds is 3. The molecule has 0 N–H and O–H groups in total. The molecule has 0 aromatic rings. The van der Waals surface area contributed by atoms with Crippen LogP contribution >= 0.6 is 15.9 Å². The second kappa shape index (κ2) is 5.36. The Labute approximate surface area is 60.1 Å². The van der Waals surface area contributed by atoms with Gasteiger partial charge in [-0.2, -0.15) is 0 Å². The smallest absolute Gasteiger partial charge is 0.0212 e. The molecule has 0 bridgehead atoms. The first kappa shape index (κ1) is 8.22. The van der Waals surface area contributed by atoms with Gasteiger partial charge in [0.05, 0.1) is 0 Å². The van der Waals surface area contributed by atoms with Gasteiger partial charge in [-0.05, 0) is 12.3 Å². The van der Waals surface area contributed by atoms with Gasteiger partial charge < -0.3 is 0 Å². The Bertz CT molecular complexity index is 64.8. The summed E-state index contributed by atoms with van der Waals surface area (Å²) in [6, 6.07) is 0. The van der Waals surface area contributed by atoms with Gasteiger partial charge in [0.15, 0.2) is 0 Å². The van der Waals surface area contributed by atoms with Crippen LogP contribution < -0.4 is 0 Å². The van der Waals surface area contributed by atoms with Gasteiger partial charge in [0.2, 0.25) is 0 Å². The maximum Gasteiger partial charge on any atom is 0.0212 e. The van der Waals surface area contributed by atoms with E-state index in [1.54, 1.807) is 0 Å². The van der Waals surface area contributed by atoms with Crippen LogP contribution in [-0.4, -0.2) is 5.33 Å². The largest absolute Gasteiger partial charge is 0.0883 e. The quantitative estimate of drug-likeness (QED) is 0.459. The lowest BCUT2D eigenvalue weighted by Crippen LogP contribution is -1.80. The molecular weight excluding hydrogens is 164 g/mol. The summed E-state index contributed by atoms with van der Waals surface area (Å²) >= 11 is 3.31. The summed E-state index contributed by atoms with van der Waals surface area (Å²) in [5.41, 5.74) is 0. The van der Waals surface area contributed by atoms with Crippen molar-refractivity contribution in [2.75, 3.05) is 5.33 Å². The fraction of sp³-hybridized carbons (Fsp3) is 0.714. The van der Waals surface area contributed by atoms with Crippen molar-refractivity contribution in [1.82, 2.24) is 0 Å². The van der Waals surface area contributed by atoms with E-state index in [0.717, 1.165) is 11.2 Å². The Balaban J connectivity index is 3.03. The SMILES string of the molecule is CC(C)CC=CCBr. The van der Waals surface area contributed by atoms with Crippen LogP contribution in [0.25, 0.3) is 0 Å². The Hall–Kier alpha value is 0.220. The third-order valence-corrected chi connectivity index (χ3v) is 1.24. The minimum absolute atomic E-state index is 0.797. The van der Waals surface area contributed by atoms with E-state index in [1.807, 2.05) is 0 Å². The zero-order valence-electron chi connectivity index (χ0n) is 5.52. The van der Waals surface area contributed by atoms with Crippen molar-refractivity contribution >= 4 is 15.9 Å². The molecule has 0 spiro atoms. The van der Waals surface area contributed by atoms with Crippen LogP contribution in [0.4, 0.5) is 0 Å². The lowest BCUT2D eigenvalue weighted by molar-refractivity contribution is 0.663. The maximum absolute atomic E-state index is 3.31. The summed E-state index contributed by atoms with van der Waals surface area (Å²) in [6.45, 7) is 4.44. The van der Waals surface area contributed by atoms with Crippen LogP contribution in [0, 0.1) is 5.92 Å². The summed E-state index contributed by atoms with van der Waals surface area (Å²) in [5, 5.41) is 0.986. The second-order valence-corrected chi connectivity index (χ2v) is 2.90. The van der Waals surface area contributed by atoms with E-state index in [2.05, 4.69) is 41.9 Å². The van der Waals surface area contributed by atoms with E-state index in [4.69, 9.17) is 0 Å². The molecule has 0 fully saturated rings. The standard InChI is InChI=1S/C7H13Br/c1-7(2)5-3-4-6-8/h3-4,7H,5-6H2,1-2H3. The van der Waals surface area contributed by atoms with Gasteiger partial charge in [-0.1, -0.05) is 41.9 Å². The van der Waals surface area contributed by atoms with Gasteiger partial charge in [-0.25, -0.2) is 0 Å². The highest BCUT2D eigenvalue weighted by Gasteiger charge is 1.84. The molecule has 48 valence electrons. The zero-order valence-corrected chi connectivity index (χ0v) is 7.11. The van der Waals surface area contributed by atoms with Crippen LogP contribution in [0.15, 0.2) is 12.2 Å². The summed E-state index contributed by atoms with van der Waals surface area (Å²) in [5.74, 6) is 0.797. The summed E-state index contributed by atoms with van der Waals surface area (Å²) in [4.78, 5) is 0. The molecule has 0 aromatic carbocycles. The summed E-state index contributed by atoms with van der Waals surface area (Å²) in [7, 11) is 0. The molecule has 0 aromatic heterocycles. The summed E-state index contributed by atoms with van der Waals surface area (Å²) in [6.07, 6.45) is 5.55. The lowest BCUT2D eigenvalue weighted by atomic mass is 10.1. The van der Waals surface area contributed by atoms with Gasteiger partial charge in [0.1, 0.15) is 0 Å². The van der Waals surface area contributed by atoms with Crippen molar-refractivity contribution in [1.29, 1.82) is 0 Å². The highest BCUT2D eigenvalue weighted by molar-refractivity contribution is 9.09. The van der Waals surface area contributed by atoms with Crippen molar-refractivity contribution in [3.63, 3.8) is 0 Å². The fourth-order valence-electron chi connectivity index (χ4n) is 0.431. The van der Waals surface area contributed by atoms with E-state index in [0.29, 0.717) is 0 Å². The van der Waals surface area contributed by atoms with Crippen LogP contribution in [0.2, 0.25) is 0 Å². The molecule has 0 aliphatic heterocycles. The molecule has 8 heavy (non-hydrogen) atoms. The Morgan fingerprint density at radius 1 is 1.38 bits per heavy atom. The molecule has 0 nitrogen and oxygen atoms in total. The molecule has 0 atom stereocenters. The van der Waals surface area contributed by atoms with Gasteiger partial charge in [-0.15, -0.1) is 0 Å². The van der Waals surface area contributed by atoms with Crippen molar-refractivity contribution in [2.24, 2.45) is 5.92 Å². The van der Waals surface area contributed by atoms with Crippen molar-refractivity contribution in [2.45, 2.75) is 20.3 Å². The van der Waals surface area contributed by atoms with Gasteiger partial charge in [0.25, 0.3) is 0 Å². The van der Waals surface area contributed by atoms with Crippen molar-refractivity contribution < 1.29 is 0 Å². The molecule has 0 radical (unpaired) electrons. The zero-order chi connectivity index (χ0) is 6.41. The molecule has 0 aliphatic carbocycles. The van der Waals surface area contributed by atoms with Crippen LogP contribution in [-0.2, 0) is 0 Å². The average Bonchev–Trinajstić information content (AvgIpc) is 1.66. The Kier molecular flexibility index (Phi) is 5.51. The van der Waals surface area contributed by atoms with Gasteiger partial charge in [0, 0.05) is 5.33 Å². The number of halogens is 1. The molecule has 0 unspecified atom stereocenters. The van der Waals surface area contributed by atoms with Gasteiger partial charge >= 0.3 is 0 Å². The third-order valence-electron chi connectivity index (χ3n) is 0.863. The van der Waals surface area contributed by atoms with E-state index >= 15 is 0 Å². The molecule has 0 heterocycles. The summed E-state index contributed by atoms with van der Waals surface area (Å²) < 4.78 is 0. The predicted molar refractivity (Wildman–Crippen MR) is 42.4 cm³/mol. The first-order valence-electron chi connectivity index (χ1n) is 2.98. The van der Waals surface area contributed by atoms with E-state index in [-0.39, 0.29) is 0 Å². The monoisotopic (exact) mass is 176 g/mol. The van der Waals surface area contributed by atoms with E-state index < -0.39 is 0 Å². The van der Waals surface area contributed by atoms with E-state index in [9.17, 15) is 0 Å². The average molecular weight is 177 g/mol. The number of hydrogen-bond donors (Lipinski definition) is 0. The molecule has 0 saturated heterocycles. The molecule has 0 saturated carbocycles. The van der Waals surface area contributed by atoms with Crippen LogP contribution in [0.3, 0.4) is 0 Å². The topological polar surface area (TPSA) is 0 Å². The molecule has 0 aliphatic rings. The molecule has 0 amide bonds. The lowest BCUT2D eigenvalue weighted by Gasteiger charge is -1.94. The number of alkyl halides is 1. The second-order valence-electron chi connectivity index (χ2n) is 2.26. The molecule has 0 rings (SSSR count).